The van der Waals surface area contributed by atoms with Crippen molar-refractivity contribution in [1.82, 2.24) is 5.32 Å². The van der Waals surface area contributed by atoms with Crippen LogP contribution >= 0.6 is 11.3 Å². The van der Waals surface area contributed by atoms with Gasteiger partial charge in [-0.05, 0) is 34.7 Å². The average Bonchev–Trinajstić information content (AvgIpc) is 2.65. The van der Waals surface area contributed by atoms with Crippen LogP contribution in [0.4, 0.5) is 0 Å². The molecule has 0 spiro atoms. The molecule has 0 unspecified atom stereocenters. The summed E-state index contributed by atoms with van der Waals surface area (Å²) in [6.07, 6.45) is 0.732. The molecule has 0 aliphatic rings. The Balaban J connectivity index is 2.29. The minimum absolute atomic E-state index is 0.0603. The molecule has 1 aromatic rings. The summed E-state index contributed by atoms with van der Waals surface area (Å²) < 4.78 is 0. The van der Waals surface area contributed by atoms with Gasteiger partial charge in [0.15, 0.2) is 0 Å². The zero-order chi connectivity index (χ0) is 11.3. The van der Waals surface area contributed by atoms with Crippen LogP contribution < -0.4 is 11.1 Å². The second-order valence-corrected chi connectivity index (χ2v) is 4.87. The molecule has 3 nitrogen and oxygen atoms in total. The van der Waals surface area contributed by atoms with Gasteiger partial charge in [-0.15, -0.1) is 0 Å². The smallest absolute Gasteiger partial charge is 0.237 e. The Morgan fingerprint density at radius 2 is 2.33 bits per heavy atom. The molecule has 1 aromatic heterocycles. The molecule has 1 heterocycles. The van der Waals surface area contributed by atoms with E-state index in [4.69, 9.17) is 5.73 Å². The fourth-order valence-electron chi connectivity index (χ4n) is 1.33. The first-order chi connectivity index (χ1) is 7.09. The van der Waals surface area contributed by atoms with Crippen molar-refractivity contribution >= 4 is 17.2 Å². The van der Waals surface area contributed by atoms with Crippen LogP contribution in [0.3, 0.4) is 0 Å². The summed E-state index contributed by atoms with van der Waals surface area (Å²) in [4.78, 5) is 11.5. The van der Waals surface area contributed by atoms with E-state index < -0.39 is 0 Å². The van der Waals surface area contributed by atoms with Gasteiger partial charge in [0, 0.05) is 6.54 Å². The SMILES string of the molecule is CC(C)C[C@H](N)C(=O)NCc1ccsc1. The van der Waals surface area contributed by atoms with Crippen LogP contribution in [0.15, 0.2) is 16.8 Å². The van der Waals surface area contributed by atoms with Crippen molar-refractivity contribution in [3.8, 4) is 0 Å². The summed E-state index contributed by atoms with van der Waals surface area (Å²) in [6, 6.07) is 1.61. The Labute approximate surface area is 94.7 Å². The van der Waals surface area contributed by atoms with E-state index in [1.165, 1.54) is 0 Å². The van der Waals surface area contributed by atoms with Gasteiger partial charge < -0.3 is 11.1 Å². The minimum Gasteiger partial charge on any atom is -0.351 e. The van der Waals surface area contributed by atoms with Gasteiger partial charge in [0.25, 0.3) is 0 Å². The summed E-state index contributed by atoms with van der Waals surface area (Å²) in [5.41, 5.74) is 6.88. The molecule has 0 saturated carbocycles. The van der Waals surface area contributed by atoms with Gasteiger partial charge in [-0.3, -0.25) is 4.79 Å². The molecule has 0 fully saturated rings. The predicted octanol–water partition coefficient (Wildman–Crippen LogP) is 1.74. The lowest BCUT2D eigenvalue weighted by Crippen LogP contribution is -2.40. The van der Waals surface area contributed by atoms with E-state index >= 15 is 0 Å². The summed E-state index contributed by atoms with van der Waals surface area (Å²) in [5.74, 6) is 0.391. The number of carbonyl (C=O) groups excluding carboxylic acids is 1. The number of hydrogen-bond acceptors (Lipinski definition) is 3. The predicted molar refractivity (Wildman–Crippen MR) is 63.6 cm³/mol. The Morgan fingerprint density at radius 1 is 1.60 bits per heavy atom. The maximum atomic E-state index is 11.5. The highest BCUT2D eigenvalue weighted by atomic mass is 32.1. The zero-order valence-corrected chi connectivity index (χ0v) is 10.0. The third-order valence-corrected chi connectivity index (χ3v) is 2.84. The van der Waals surface area contributed by atoms with Gasteiger partial charge in [0.2, 0.25) is 5.91 Å². The van der Waals surface area contributed by atoms with Gasteiger partial charge in [0.05, 0.1) is 6.04 Å². The Morgan fingerprint density at radius 3 is 2.87 bits per heavy atom. The third-order valence-electron chi connectivity index (χ3n) is 2.11. The van der Waals surface area contributed by atoms with Crippen molar-refractivity contribution in [2.75, 3.05) is 0 Å². The molecule has 0 aliphatic carbocycles. The van der Waals surface area contributed by atoms with Crippen LogP contribution in [0, 0.1) is 5.92 Å². The highest BCUT2D eigenvalue weighted by Crippen LogP contribution is 2.06. The van der Waals surface area contributed by atoms with E-state index in [1.807, 2.05) is 16.8 Å². The molecule has 0 aliphatic heterocycles. The molecular formula is C11H18N2OS. The molecule has 0 bridgehead atoms. The normalized spacial score (nSPS) is 12.8. The van der Waals surface area contributed by atoms with Crippen LogP contribution in [-0.4, -0.2) is 11.9 Å². The third kappa shape index (κ3) is 4.44. The molecule has 0 aromatic carbocycles. The number of rotatable bonds is 5. The Kier molecular flexibility index (Phi) is 4.78. The molecule has 84 valence electrons. The molecule has 15 heavy (non-hydrogen) atoms. The van der Waals surface area contributed by atoms with E-state index in [0.29, 0.717) is 12.5 Å². The molecule has 1 atom stereocenters. The van der Waals surface area contributed by atoms with Gasteiger partial charge in [-0.2, -0.15) is 11.3 Å². The number of nitrogens with one attached hydrogen (secondary N) is 1. The second kappa shape index (κ2) is 5.88. The number of amides is 1. The topological polar surface area (TPSA) is 55.1 Å². The highest BCUT2D eigenvalue weighted by Gasteiger charge is 2.14. The Bertz CT molecular complexity index is 296. The molecule has 1 amide bonds. The van der Waals surface area contributed by atoms with Crippen molar-refractivity contribution in [1.29, 1.82) is 0 Å². The highest BCUT2D eigenvalue weighted by molar-refractivity contribution is 7.07. The van der Waals surface area contributed by atoms with Crippen LogP contribution in [0.2, 0.25) is 0 Å². The zero-order valence-electron chi connectivity index (χ0n) is 9.19. The maximum Gasteiger partial charge on any atom is 0.237 e. The molecule has 4 heteroatoms. The van der Waals surface area contributed by atoms with E-state index in [2.05, 4.69) is 19.2 Å². The molecule has 3 N–H and O–H groups in total. The van der Waals surface area contributed by atoms with Crippen molar-refractivity contribution in [3.05, 3.63) is 22.4 Å². The number of carbonyl (C=O) groups is 1. The van der Waals surface area contributed by atoms with E-state index in [0.717, 1.165) is 12.0 Å². The van der Waals surface area contributed by atoms with Crippen LogP contribution in [0.1, 0.15) is 25.8 Å². The quantitative estimate of drug-likeness (QED) is 0.803. The number of nitrogens with two attached hydrogens (primary N) is 1. The fraction of sp³-hybridized carbons (Fsp3) is 0.545. The Hall–Kier alpha value is -0.870. The van der Waals surface area contributed by atoms with Crippen molar-refractivity contribution in [2.24, 2.45) is 11.7 Å². The van der Waals surface area contributed by atoms with Crippen LogP contribution in [-0.2, 0) is 11.3 Å². The van der Waals surface area contributed by atoms with Crippen molar-refractivity contribution < 1.29 is 4.79 Å². The first kappa shape index (κ1) is 12.2. The maximum absolute atomic E-state index is 11.5. The van der Waals surface area contributed by atoms with Crippen molar-refractivity contribution in [2.45, 2.75) is 32.9 Å². The largest absolute Gasteiger partial charge is 0.351 e. The average molecular weight is 226 g/mol. The molecule has 0 saturated heterocycles. The fourth-order valence-corrected chi connectivity index (χ4v) is 2.00. The minimum atomic E-state index is -0.386. The number of hydrogen-bond donors (Lipinski definition) is 2. The van der Waals surface area contributed by atoms with E-state index in [9.17, 15) is 4.79 Å². The lowest BCUT2D eigenvalue weighted by Gasteiger charge is -2.13. The van der Waals surface area contributed by atoms with Gasteiger partial charge in [-0.1, -0.05) is 13.8 Å². The summed E-state index contributed by atoms with van der Waals surface area (Å²) >= 11 is 1.63. The second-order valence-electron chi connectivity index (χ2n) is 4.09. The molecular weight excluding hydrogens is 208 g/mol. The van der Waals surface area contributed by atoms with Gasteiger partial charge in [0.1, 0.15) is 0 Å². The van der Waals surface area contributed by atoms with Gasteiger partial charge >= 0.3 is 0 Å². The van der Waals surface area contributed by atoms with Crippen LogP contribution in [0.5, 0.6) is 0 Å². The first-order valence-corrected chi connectivity index (χ1v) is 6.08. The molecule has 0 radical (unpaired) electrons. The monoisotopic (exact) mass is 226 g/mol. The van der Waals surface area contributed by atoms with Gasteiger partial charge in [-0.25, -0.2) is 0 Å². The summed E-state index contributed by atoms with van der Waals surface area (Å²) in [5, 5.41) is 6.85. The lowest BCUT2D eigenvalue weighted by molar-refractivity contribution is -0.122. The standard InChI is InChI=1S/C11H18N2OS/c1-8(2)5-10(12)11(14)13-6-9-3-4-15-7-9/h3-4,7-8,10H,5-6,12H2,1-2H3,(H,13,14)/t10-/m0/s1. The molecule has 1 rings (SSSR count). The first-order valence-electron chi connectivity index (χ1n) is 5.14. The van der Waals surface area contributed by atoms with E-state index in [-0.39, 0.29) is 11.9 Å². The summed E-state index contributed by atoms with van der Waals surface area (Å²) in [7, 11) is 0. The van der Waals surface area contributed by atoms with E-state index in [1.54, 1.807) is 11.3 Å². The van der Waals surface area contributed by atoms with Crippen LogP contribution in [0.25, 0.3) is 0 Å². The summed E-state index contributed by atoms with van der Waals surface area (Å²) in [6.45, 7) is 4.70. The lowest BCUT2D eigenvalue weighted by atomic mass is 10.0. The number of thiophene rings is 1. The van der Waals surface area contributed by atoms with Crippen molar-refractivity contribution in [3.63, 3.8) is 0 Å².